The van der Waals surface area contributed by atoms with E-state index in [0.717, 1.165) is 0 Å². The van der Waals surface area contributed by atoms with E-state index < -0.39 is 33.5 Å². The van der Waals surface area contributed by atoms with E-state index in [2.05, 4.69) is 4.72 Å². The molecule has 0 radical (unpaired) electrons. The Kier molecular flexibility index (Phi) is 6.31. The van der Waals surface area contributed by atoms with E-state index >= 15 is 0 Å². The molecule has 1 saturated heterocycles. The Labute approximate surface area is 141 Å². The van der Waals surface area contributed by atoms with Gasteiger partial charge in [-0.05, 0) is 37.3 Å². The van der Waals surface area contributed by atoms with E-state index in [-0.39, 0.29) is 18.0 Å². The van der Waals surface area contributed by atoms with Crippen molar-refractivity contribution in [3.8, 4) is 0 Å². The number of aliphatic carboxylic acids is 1. The van der Waals surface area contributed by atoms with Crippen LogP contribution in [0.25, 0.3) is 0 Å². The Balaban J connectivity index is 2.00. The number of rotatable bonds is 7. The number of aryl methyl sites for hydroxylation is 1. The lowest BCUT2D eigenvalue weighted by molar-refractivity contribution is -0.144. The van der Waals surface area contributed by atoms with Crippen LogP contribution in [0.5, 0.6) is 0 Å². The maximum absolute atomic E-state index is 13.8. The van der Waals surface area contributed by atoms with Crippen LogP contribution in [-0.4, -0.2) is 39.3 Å². The molecule has 0 bridgehead atoms. The van der Waals surface area contributed by atoms with Gasteiger partial charge in [-0.1, -0.05) is 12.1 Å². The van der Waals surface area contributed by atoms with E-state index in [1.54, 1.807) is 13.0 Å². The Morgan fingerprint density at radius 3 is 2.67 bits per heavy atom. The minimum absolute atomic E-state index is 0.0611. The molecule has 1 unspecified atom stereocenters. The van der Waals surface area contributed by atoms with Crippen molar-refractivity contribution in [1.29, 1.82) is 0 Å². The summed E-state index contributed by atoms with van der Waals surface area (Å²) in [5, 5.41) is 9.35. The normalized spacial score (nSPS) is 17.6. The summed E-state index contributed by atoms with van der Waals surface area (Å²) >= 11 is 0. The number of nitrogens with one attached hydrogen (secondary N) is 1. The van der Waals surface area contributed by atoms with Gasteiger partial charge in [0.2, 0.25) is 10.0 Å². The van der Waals surface area contributed by atoms with Crippen LogP contribution in [0.15, 0.2) is 18.2 Å². The SMILES string of the molecule is Cc1ccc(CS(=O)(=O)NCC(C(=O)O)C2CCOCC2)c(F)c1. The molecule has 1 aromatic carbocycles. The predicted molar refractivity (Wildman–Crippen MR) is 86.4 cm³/mol. The van der Waals surface area contributed by atoms with Crippen LogP contribution >= 0.6 is 0 Å². The summed E-state index contributed by atoms with van der Waals surface area (Å²) < 4.78 is 45.6. The van der Waals surface area contributed by atoms with Gasteiger partial charge in [0.15, 0.2) is 0 Å². The van der Waals surface area contributed by atoms with Crippen LogP contribution in [-0.2, 0) is 25.3 Å². The number of benzene rings is 1. The van der Waals surface area contributed by atoms with Crippen molar-refractivity contribution < 1.29 is 27.4 Å². The maximum Gasteiger partial charge on any atom is 0.308 e. The minimum Gasteiger partial charge on any atom is -0.481 e. The topological polar surface area (TPSA) is 92.7 Å². The summed E-state index contributed by atoms with van der Waals surface area (Å²) in [5.74, 6) is -3.08. The average Bonchev–Trinajstić information content (AvgIpc) is 2.51. The smallest absolute Gasteiger partial charge is 0.308 e. The zero-order valence-electron chi connectivity index (χ0n) is 13.5. The molecule has 134 valence electrons. The third-order valence-corrected chi connectivity index (χ3v) is 5.53. The molecule has 1 heterocycles. The van der Waals surface area contributed by atoms with Crippen LogP contribution in [0.4, 0.5) is 4.39 Å². The van der Waals surface area contributed by atoms with Gasteiger partial charge in [-0.25, -0.2) is 17.5 Å². The van der Waals surface area contributed by atoms with Crippen LogP contribution in [0.3, 0.4) is 0 Å². The van der Waals surface area contributed by atoms with Gasteiger partial charge >= 0.3 is 5.97 Å². The summed E-state index contributed by atoms with van der Waals surface area (Å²) in [6.07, 6.45) is 1.18. The molecule has 0 aromatic heterocycles. The lowest BCUT2D eigenvalue weighted by Gasteiger charge is -2.27. The van der Waals surface area contributed by atoms with Crippen molar-refractivity contribution in [3.63, 3.8) is 0 Å². The number of carboxylic acid groups (broad SMARTS) is 1. The number of hydrogen-bond acceptors (Lipinski definition) is 4. The summed E-state index contributed by atoms with van der Waals surface area (Å²) in [6, 6.07) is 4.33. The molecule has 6 nitrogen and oxygen atoms in total. The summed E-state index contributed by atoms with van der Waals surface area (Å²) in [7, 11) is -3.82. The monoisotopic (exact) mass is 359 g/mol. The van der Waals surface area contributed by atoms with Gasteiger partial charge in [0.05, 0.1) is 11.7 Å². The van der Waals surface area contributed by atoms with E-state index in [4.69, 9.17) is 4.74 Å². The molecular weight excluding hydrogens is 337 g/mol. The fourth-order valence-corrected chi connectivity index (χ4v) is 3.99. The van der Waals surface area contributed by atoms with Crippen molar-refractivity contribution in [2.45, 2.75) is 25.5 Å². The number of carbonyl (C=O) groups is 1. The third kappa shape index (κ3) is 5.25. The molecule has 8 heteroatoms. The van der Waals surface area contributed by atoms with E-state index in [0.29, 0.717) is 31.6 Å². The molecule has 2 rings (SSSR count). The third-order valence-electron chi connectivity index (χ3n) is 4.23. The van der Waals surface area contributed by atoms with Gasteiger partial charge in [0, 0.05) is 25.3 Å². The second-order valence-electron chi connectivity index (χ2n) is 6.10. The van der Waals surface area contributed by atoms with Crippen LogP contribution in [0.1, 0.15) is 24.0 Å². The van der Waals surface area contributed by atoms with Gasteiger partial charge in [-0.15, -0.1) is 0 Å². The zero-order chi connectivity index (χ0) is 17.7. The molecule has 0 amide bonds. The van der Waals surface area contributed by atoms with E-state index in [9.17, 15) is 22.7 Å². The van der Waals surface area contributed by atoms with Crippen molar-refractivity contribution in [2.24, 2.45) is 11.8 Å². The number of ether oxygens (including phenoxy) is 1. The van der Waals surface area contributed by atoms with Gasteiger partial charge < -0.3 is 9.84 Å². The molecule has 1 aliphatic rings. The van der Waals surface area contributed by atoms with Crippen LogP contribution in [0, 0.1) is 24.6 Å². The molecule has 1 aromatic rings. The number of hydrogen-bond donors (Lipinski definition) is 2. The minimum atomic E-state index is -3.82. The number of sulfonamides is 1. The molecule has 1 aliphatic heterocycles. The summed E-state index contributed by atoms with van der Waals surface area (Å²) in [5.41, 5.74) is 0.762. The first-order valence-corrected chi connectivity index (χ1v) is 9.46. The fourth-order valence-electron chi connectivity index (χ4n) is 2.82. The van der Waals surface area contributed by atoms with E-state index in [1.807, 2.05) is 0 Å². The van der Waals surface area contributed by atoms with Gasteiger partial charge in [0.25, 0.3) is 0 Å². The molecule has 0 saturated carbocycles. The first-order valence-electron chi connectivity index (χ1n) is 7.81. The molecule has 0 aliphatic carbocycles. The number of carboxylic acids is 1. The molecule has 2 N–H and O–H groups in total. The summed E-state index contributed by atoms with van der Waals surface area (Å²) in [6.45, 7) is 2.48. The largest absolute Gasteiger partial charge is 0.481 e. The lowest BCUT2D eigenvalue weighted by Crippen LogP contribution is -2.39. The van der Waals surface area contributed by atoms with Crippen molar-refractivity contribution in [3.05, 3.63) is 35.1 Å². The quantitative estimate of drug-likeness (QED) is 0.773. The maximum atomic E-state index is 13.8. The second kappa shape index (κ2) is 8.04. The highest BCUT2D eigenvalue weighted by Gasteiger charge is 2.31. The highest BCUT2D eigenvalue weighted by molar-refractivity contribution is 7.88. The first-order chi connectivity index (χ1) is 11.3. The van der Waals surface area contributed by atoms with Crippen LogP contribution in [0.2, 0.25) is 0 Å². The van der Waals surface area contributed by atoms with Crippen molar-refractivity contribution in [1.82, 2.24) is 4.72 Å². The average molecular weight is 359 g/mol. The Bertz CT molecular complexity index is 686. The molecular formula is C16H22FNO5S. The molecule has 0 spiro atoms. The van der Waals surface area contributed by atoms with Crippen molar-refractivity contribution in [2.75, 3.05) is 19.8 Å². The second-order valence-corrected chi connectivity index (χ2v) is 7.90. The number of halogens is 1. The van der Waals surface area contributed by atoms with Crippen LogP contribution < -0.4 is 4.72 Å². The molecule has 1 atom stereocenters. The standard InChI is InChI=1S/C16H22FNO5S/c1-11-2-3-13(15(17)8-11)10-24(21,22)18-9-14(16(19)20)12-4-6-23-7-5-12/h2-3,8,12,14,18H,4-7,9-10H2,1H3,(H,19,20). The highest BCUT2D eigenvalue weighted by Crippen LogP contribution is 2.24. The lowest BCUT2D eigenvalue weighted by atomic mass is 9.86. The van der Waals surface area contributed by atoms with Gasteiger partial charge in [-0.3, -0.25) is 4.79 Å². The van der Waals surface area contributed by atoms with E-state index in [1.165, 1.54) is 12.1 Å². The summed E-state index contributed by atoms with van der Waals surface area (Å²) in [4.78, 5) is 11.4. The first kappa shape index (κ1) is 18.8. The van der Waals surface area contributed by atoms with Gasteiger partial charge in [-0.2, -0.15) is 0 Å². The predicted octanol–water partition coefficient (Wildman–Crippen LogP) is 1.68. The highest BCUT2D eigenvalue weighted by atomic mass is 32.2. The Morgan fingerprint density at radius 2 is 2.08 bits per heavy atom. The zero-order valence-corrected chi connectivity index (χ0v) is 14.3. The molecule has 1 fully saturated rings. The fraction of sp³-hybridized carbons (Fsp3) is 0.562. The van der Waals surface area contributed by atoms with Crippen molar-refractivity contribution >= 4 is 16.0 Å². The Morgan fingerprint density at radius 1 is 1.42 bits per heavy atom. The molecule has 24 heavy (non-hydrogen) atoms. The Hall–Kier alpha value is -1.51. The van der Waals surface area contributed by atoms with Gasteiger partial charge in [0.1, 0.15) is 5.82 Å².